The Morgan fingerprint density at radius 2 is 2.00 bits per heavy atom. The normalized spacial score (nSPS) is 20.2. The Bertz CT molecular complexity index is 949. The fourth-order valence-corrected chi connectivity index (χ4v) is 2.60. The number of nitrogens with one attached hydrogen (secondary N) is 2. The van der Waals surface area contributed by atoms with E-state index in [1.54, 1.807) is 24.5 Å². The lowest BCUT2D eigenvalue weighted by Gasteiger charge is -2.17. The number of anilines is 1. The third-order valence-electron chi connectivity index (χ3n) is 3.94. The second-order valence-corrected chi connectivity index (χ2v) is 6.36. The van der Waals surface area contributed by atoms with E-state index >= 15 is 0 Å². The van der Waals surface area contributed by atoms with Crippen LogP contribution in [0.25, 0.3) is 5.57 Å². The first-order chi connectivity index (χ1) is 12.9. The molecular weight excluding hydrogens is 367 g/mol. The average molecular weight is 385 g/mol. The van der Waals surface area contributed by atoms with Gasteiger partial charge in [0, 0.05) is 24.0 Å². The maximum Gasteiger partial charge on any atom is 0.165 e. The summed E-state index contributed by atoms with van der Waals surface area (Å²) in [6, 6.07) is 6.27. The van der Waals surface area contributed by atoms with E-state index in [-0.39, 0.29) is 17.0 Å². The van der Waals surface area contributed by atoms with Crippen molar-refractivity contribution in [3.63, 3.8) is 0 Å². The van der Waals surface area contributed by atoms with Gasteiger partial charge in [-0.3, -0.25) is 5.43 Å². The van der Waals surface area contributed by atoms with E-state index in [0.717, 1.165) is 11.1 Å². The highest BCUT2D eigenvalue weighted by Gasteiger charge is 2.15. The molecule has 2 aromatic rings. The van der Waals surface area contributed by atoms with E-state index in [2.05, 4.69) is 37.4 Å². The van der Waals surface area contributed by atoms with Gasteiger partial charge in [-0.15, -0.1) is 0 Å². The van der Waals surface area contributed by atoms with E-state index in [9.17, 15) is 4.39 Å². The number of hydrazone groups is 1. The monoisotopic (exact) mass is 384 g/mol. The van der Waals surface area contributed by atoms with Gasteiger partial charge in [0.05, 0.1) is 17.5 Å². The van der Waals surface area contributed by atoms with Gasteiger partial charge in [-0.2, -0.15) is 5.10 Å². The smallest absolute Gasteiger partial charge is 0.165 e. The van der Waals surface area contributed by atoms with Crippen LogP contribution in [0.3, 0.4) is 0 Å². The Kier molecular flexibility index (Phi) is 5.61. The fraction of sp³-hybridized carbons (Fsp3) is 0.158. The lowest BCUT2D eigenvalue weighted by atomic mass is 10.1. The molecule has 6 nitrogen and oxygen atoms in total. The first kappa shape index (κ1) is 18.7. The topological polar surface area (TPSA) is 74.6 Å². The molecule has 1 aliphatic rings. The van der Waals surface area contributed by atoms with Crippen LogP contribution in [0.5, 0.6) is 0 Å². The van der Waals surface area contributed by atoms with Crippen molar-refractivity contribution in [3.05, 3.63) is 71.7 Å². The summed E-state index contributed by atoms with van der Waals surface area (Å²) in [6.45, 7) is 7.80. The number of halogens is 2. The first-order valence-corrected chi connectivity index (χ1v) is 8.60. The van der Waals surface area contributed by atoms with Gasteiger partial charge in [-0.25, -0.2) is 19.4 Å². The quantitative estimate of drug-likeness (QED) is 0.829. The van der Waals surface area contributed by atoms with Crippen LogP contribution in [0.1, 0.15) is 29.9 Å². The van der Waals surface area contributed by atoms with Crippen molar-refractivity contribution in [2.75, 3.05) is 5.32 Å². The molecule has 2 heterocycles. The van der Waals surface area contributed by atoms with E-state index in [4.69, 9.17) is 11.6 Å². The molecule has 8 heteroatoms. The number of allylic oxidation sites excluding steroid dienone is 1. The van der Waals surface area contributed by atoms with Gasteiger partial charge in [-0.05, 0) is 31.5 Å². The predicted molar refractivity (Wildman–Crippen MR) is 107 cm³/mol. The zero-order valence-corrected chi connectivity index (χ0v) is 15.6. The molecule has 0 fully saturated rings. The SMILES string of the molecule is C=C1/N=C(Cl)\C=N/N/C=C\1c1ncc(C)c(N[C@@H](C)c2ccc(F)cc2)n1. The summed E-state index contributed by atoms with van der Waals surface area (Å²) >= 11 is 5.94. The Balaban J connectivity index is 1.89. The molecular formula is C19H18ClFN6. The van der Waals surface area contributed by atoms with E-state index in [1.807, 2.05) is 13.8 Å². The molecule has 0 saturated carbocycles. The fourth-order valence-electron chi connectivity index (χ4n) is 2.45. The number of aliphatic imine (C=N–C) groups is 1. The molecule has 2 N–H and O–H groups in total. The van der Waals surface area contributed by atoms with E-state index in [0.29, 0.717) is 22.9 Å². The summed E-state index contributed by atoms with van der Waals surface area (Å²) in [5.74, 6) is 0.818. The van der Waals surface area contributed by atoms with Crippen molar-refractivity contribution in [1.82, 2.24) is 15.4 Å². The molecule has 0 amide bonds. The molecule has 1 aromatic heterocycles. The zero-order chi connectivity index (χ0) is 19.4. The van der Waals surface area contributed by atoms with Crippen LogP contribution in [-0.2, 0) is 0 Å². The van der Waals surface area contributed by atoms with E-state index in [1.165, 1.54) is 18.3 Å². The summed E-state index contributed by atoms with van der Waals surface area (Å²) in [7, 11) is 0. The first-order valence-electron chi connectivity index (χ1n) is 8.22. The minimum Gasteiger partial charge on any atom is -0.363 e. The van der Waals surface area contributed by atoms with E-state index < -0.39 is 0 Å². The minimum absolute atomic E-state index is 0.0724. The summed E-state index contributed by atoms with van der Waals surface area (Å²) in [5, 5.41) is 7.44. The molecule has 27 heavy (non-hydrogen) atoms. The maximum absolute atomic E-state index is 13.1. The standard InChI is InChI=1S/C19H18ClFN6/c1-11-8-22-19(16-9-23-24-10-17(20)25-13(16)3)27-18(11)26-12(2)14-4-6-15(21)7-5-14/h4-10,12,23H,3H2,1-2H3,(H,22,26,27)/b16-9+,24-10-,25-17+/t12-/m0/s1. The summed E-state index contributed by atoms with van der Waals surface area (Å²) in [5.41, 5.74) is 5.55. The molecule has 138 valence electrons. The minimum atomic E-state index is -0.268. The van der Waals surface area contributed by atoms with Gasteiger partial charge in [0.2, 0.25) is 0 Å². The van der Waals surface area contributed by atoms with Crippen LogP contribution in [0, 0.1) is 12.7 Å². The van der Waals surface area contributed by atoms with Gasteiger partial charge in [0.25, 0.3) is 0 Å². The average Bonchev–Trinajstić information content (AvgIpc) is 2.63. The number of benzene rings is 1. The molecule has 0 radical (unpaired) electrons. The van der Waals surface area contributed by atoms with Crippen LogP contribution in [0.15, 0.2) is 59.0 Å². The van der Waals surface area contributed by atoms with Crippen LogP contribution in [-0.4, -0.2) is 21.4 Å². The van der Waals surface area contributed by atoms with Crippen LogP contribution >= 0.6 is 11.6 Å². The maximum atomic E-state index is 13.1. The van der Waals surface area contributed by atoms with Crippen LogP contribution in [0.2, 0.25) is 0 Å². The summed E-state index contributed by atoms with van der Waals surface area (Å²) in [4.78, 5) is 13.1. The summed E-state index contributed by atoms with van der Waals surface area (Å²) < 4.78 is 13.1. The lowest BCUT2D eigenvalue weighted by Crippen LogP contribution is -2.12. The third-order valence-corrected chi connectivity index (χ3v) is 4.13. The number of aryl methyl sites for hydroxylation is 1. The Morgan fingerprint density at radius 3 is 2.74 bits per heavy atom. The highest BCUT2D eigenvalue weighted by Crippen LogP contribution is 2.25. The molecule has 0 saturated heterocycles. The van der Waals surface area contributed by atoms with Crippen LogP contribution < -0.4 is 10.7 Å². The second-order valence-electron chi connectivity index (χ2n) is 5.97. The predicted octanol–water partition coefficient (Wildman–Crippen LogP) is 4.18. The van der Waals surface area contributed by atoms with Crippen LogP contribution in [0.4, 0.5) is 10.2 Å². The zero-order valence-electron chi connectivity index (χ0n) is 14.9. The van der Waals surface area contributed by atoms with Crippen molar-refractivity contribution in [2.45, 2.75) is 19.9 Å². The molecule has 0 unspecified atom stereocenters. The number of hydrogen-bond acceptors (Lipinski definition) is 6. The number of hydrogen-bond donors (Lipinski definition) is 2. The molecule has 0 aliphatic carbocycles. The Labute approximate surface area is 161 Å². The van der Waals surface area contributed by atoms with Crippen molar-refractivity contribution in [3.8, 4) is 0 Å². The van der Waals surface area contributed by atoms with Crippen molar-refractivity contribution >= 4 is 34.4 Å². The van der Waals surface area contributed by atoms with Crippen molar-refractivity contribution < 1.29 is 4.39 Å². The van der Waals surface area contributed by atoms with Gasteiger partial charge in [-0.1, -0.05) is 30.3 Å². The largest absolute Gasteiger partial charge is 0.363 e. The van der Waals surface area contributed by atoms with Gasteiger partial charge >= 0.3 is 0 Å². The number of nitrogens with zero attached hydrogens (tertiary/aromatic N) is 4. The molecule has 1 aromatic carbocycles. The van der Waals surface area contributed by atoms with Crippen molar-refractivity contribution in [1.29, 1.82) is 0 Å². The Hall–Kier alpha value is -3.06. The Morgan fingerprint density at radius 1 is 1.26 bits per heavy atom. The summed E-state index contributed by atoms with van der Waals surface area (Å²) in [6.07, 6.45) is 4.71. The highest BCUT2D eigenvalue weighted by molar-refractivity contribution is 6.80. The molecule has 1 aliphatic heterocycles. The lowest BCUT2D eigenvalue weighted by molar-refractivity contribution is 0.626. The number of aromatic nitrogens is 2. The number of rotatable bonds is 4. The third kappa shape index (κ3) is 4.57. The highest BCUT2D eigenvalue weighted by atomic mass is 35.5. The molecule has 0 spiro atoms. The molecule has 1 atom stereocenters. The van der Waals surface area contributed by atoms with Gasteiger partial charge in [0.15, 0.2) is 5.82 Å². The van der Waals surface area contributed by atoms with Gasteiger partial charge < -0.3 is 5.32 Å². The molecule has 0 bridgehead atoms. The molecule has 3 rings (SSSR count). The van der Waals surface area contributed by atoms with Crippen molar-refractivity contribution in [2.24, 2.45) is 10.1 Å². The van der Waals surface area contributed by atoms with Gasteiger partial charge in [0.1, 0.15) is 16.8 Å². The second kappa shape index (κ2) is 8.09.